The lowest BCUT2D eigenvalue weighted by Crippen LogP contribution is -2.52. The highest BCUT2D eigenvalue weighted by Gasteiger charge is 2.35. The van der Waals surface area contributed by atoms with E-state index in [1.807, 2.05) is 34.6 Å². The summed E-state index contributed by atoms with van der Waals surface area (Å²) in [6, 6.07) is 0. The topological polar surface area (TPSA) is 66.4 Å². The summed E-state index contributed by atoms with van der Waals surface area (Å²) in [6.07, 6.45) is -0.0352. The van der Waals surface area contributed by atoms with Crippen molar-refractivity contribution in [1.82, 2.24) is 4.72 Å². The van der Waals surface area contributed by atoms with Crippen LogP contribution in [0.5, 0.6) is 0 Å². The molecule has 0 spiro atoms. The van der Waals surface area contributed by atoms with Crippen molar-refractivity contribution in [3.8, 4) is 0 Å². The van der Waals surface area contributed by atoms with Crippen LogP contribution in [0.15, 0.2) is 0 Å². The van der Waals surface area contributed by atoms with Crippen LogP contribution in [0.1, 0.15) is 48.0 Å². The monoisotopic (exact) mass is 249 g/mol. The largest absolute Gasteiger partial charge is 0.481 e. The first-order valence-electron chi connectivity index (χ1n) is 5.40. The van der Waals surface area contributed by atoms with Gasteiger partial charge in [0.05, 0.1) is 22.2 Å². The highest BCUT2D eigenvalue weighted by atomic mass is 32.2. The molecular weight excluding hydrogens is 226 g/mol. The second kappa shape index (κ2) is 5.27. The normalized spacial score (nSPS) is 18.2. The molecule has 0 rings (SSSR count). The van der Waals surface area contributed by atoms with Gasteiger partial charge in [0.15, 0.2) is 0 Å². The lowest BCUT2D eigenvalue weighted by atomic mass is 9.86. The summed E-state index contributed by atoms with van der Waals surface area (Å²) in [5.74, 6) is -0.787. The zero-order chi connectivity index (χ0) is 13.1. The van der Waals surface area contributed by atoms with E-state index in [1.54, 1.807) is 6.92 Å². The molecule has 0 amide bonds. The second-order valence-corrected chi connectivity index (χ2v) is 7.59. The van der Waals surface area contributed by atoms with Gasteiger partial charge in [-0.25, -0.2) is 8.93 Å². The van der Waals surface area contributed by atoms with Crippen molar-refractivity contribution in [2.24, 2.45) is 5.92 Å². The Morgan fingerprint density at radius 3 is 2.00 bits per heavy atom. The minimum atomic E-state index is -1.26. The highest BCUT2D eigenvalue weighted by molar-refractivity contribution is 7.84. The first kappa shape index (κ1) is 15.6. The van der Waals surface area contributed by atoms with Gasteiger partial charge in [0.25, 0.3) is 0 Å². The summed E-state index contributed by atoms with van der Waals surface area (Å²) in [5.41, 5.74) is -0.649. The minimum Gasteiger partial charge on any atom is -0.481 e. The van der Waals surface area contributed by atoms with Gasteiger partial charge >= 0.3 is 5.97 Å². The maximum atomic E-state index is 12.0. The Morgan fingerprint density at radius 1 is 1.31 bits per heavy atom. The molecule has 5 heteroatoms. The molecule has 2 N–H and O–H groups in total. The van der Waals surface area contributed by atoms with Gasteiger partial charge in [-0.15, -0.1) is 0 Å². The van der Waals surface area contributed by atoms with Crippen LogP contribution < -0.4 is 4.72 Å². The fourth-order valence-electron chi connectivity index (χ4n) is 1.04. The van der Waals surface area contributed by atoms with Gasteiger partial charge < -0.3 is 5.11 Å². The molecule has 2 atom stereocenters. The number of rotatable bonds is 5. The summed E-state index contributed by atoms with van der Waals surface area (Å²) in [7, 11) is -1.26. The van der Waals surface area contributed by atoms with Crippen LogP contribution >= 0.6 is 0 Å². The van der Waals surface area contributed by atoms with E-state index < -0.39 is 27.2 Å². The number of hydrogen-bond acceptors (Lipinski definition) is 2. The Hall–Kier alpha value is -0.420. The minimum absolute atomic E-state index is 0.0352. The average molecular weight is 249 g/mol. The molecule has 0 saturated heterocycles. The molecule has 0 aromatic heterocycles. The third-order valence-corrected chi connectivity index (χ3v) is 4.44. The lowest BCUT2D eigenvalue weighted by Gasteiger charge is -2.35. The van der Waals surface area contributed by atoms with E-state index in [0.717, 1.165) is 0 Å². The molecule has 16 heavy (non-hydrogen) atoms. The van der Waals surface area contributed by atoms with Crippen molar-refractivity contribution >= 4 is 17.0 Å². The first-order chi connectivity index (χ1) is 6.99. The number of nitrogens with one attached hydrogen (secondary N) is 1. The van der Waals surface area contributed by atoms with Crippen LogP contribution in [0.25, 0.3) is 0 Å². The van der Waals surface area contributed by atoms with Gasteiger partial charge in [0.2, 0.25) is 0 Å². The molecule has 4 nitrogen and oxygen atoms in total. The third kappa shape index (κ3) is 4.61. The highest BCUT2D eigenvalue weighted by Crippen LogP contribution is 2.23. The summed E-state index contributed by atoms with van der Waals surface area (Å²) >= 11 is 0. The quantitative estimate of drug-likeness (QED) is 0.782. The molecule has 0 fully saturated rings. The fraction of sp³-hybridized carbons (Fsp3) is 0.909. The SMILES string of the molecule is CC(C)[C@@](C)(CC(=O)O)N[S@](=O)C(C)(C)C. The van der Waals surface area contributed by atoms with Gasteiger partial charge in [0.1, 0.15) is 0 Å². The number of carboxylic acids is 1. The van der Waals surface area contributed by atoms with Crippen LogP contribution in [-0.2, 0) is 15.8 Å². The number of carboxylic acid groups (broad SMARTS) is 1. The van der Waals surface area contributed by atoms with Crippen LogP contribution in [0, 0.1) is 5.92 Å². The Balaban J connectivity index is 4.83. The molecular formula is C11H23NO3S. The van der Waals surface area contributed by atoms with Crippen molar-refractivity contribution in [3.05, 3.63) is 0 Å². The Labute approximate surface area is 100 Å². The fourth-order valence-corrected chi connectivity index (χ4v) is 2.07. The maximum absolute atomic E-state index is 12.0. The summed E-state index contributed by atoms with van der Waals surface area (Å²) in [6.45, 7) is 11.2. The number of aliphatic carboxylic acids is 1. The van der Waals surface area contributed by atoms with Crippen LogP contribution in [0.4, 0.5) is 0 Å². The van der Waals surface area contributed by atoms with Crippen LogP contribution in [0.2, 0.25) is 0 Å². The molecule has 0 aliphatic rings. The Bertz CT molecular complexity index is 283. The predicted molar refractivity (Wildman–Crippen MR) is 66.5 cm³/mol. The molecule has 0 aliphatic carbocycles. The van der Waals surface area contributed by atoms with Crippen molar-refractivity contribution in [2.75, 3.05) is 0 Å². The molecule has 96 valence electrons. The molecule has 0 unspecified atom stereocenters. The van der Waals surface area contributed by atoms with Crippen LogP contribution in [-0.4, -0.2) is 25.6 Å². The average Bonchev–Trinajstić information content (AvgIpc) is 1.99. The smallest absolute Gasteiger partial charge is 0.305 e. The predicted octanol–water partition coefficient (Wildman–Crippen LogP) is 1.93. The van der Waals surface area contributed by atoms with Crippen molar-refractivity contribution in [1.29, 1.82) is 0 Å². The van der Waals surface area contributed by atoms with E-state index in [0.29, 0.717) is 0 Å². The van der Waals surface area contributed by atoms with Crippen LogP contribution in [0.3, 0.4) is 0 Å². The van der Waals surface area contributed by atoms with Gasteiger partial charge in [-0.2, -0.15) is 0 Å². The van der Waals surface area contributed by atoms with E-state index >= 15 is 0 Å². The summed E-state index contributed by atoms with van der Waals surface area (Å²) in [5, 5.41) is 8.87. The van der Waals surface area contributed by atoms with E-state index in [4.69, 9.17) is 5.11 Å². The molecule has 0 aromatic rings. The van der Waals surface area contributed by atoms with Gasteiger partial charge in [-0.1, -0.05) is 13.8 Å². The van der Waals surface area contributed by atoms with Gasteiger partial charge in [-0.05, 0) is 33.6 Å². The number of hydrogen-bond donors (Lipinski definition) is 2. The Morgan fingerprint density at radius 2 is 1.75 bits per heavy atom. The summed E-state index contributed by atoms with van der Waals surface area (Å²) in [4.78, 5) is 10.8. The zero-order valence-electron chi connectivity index (χ0n) is 11.0. The molecule has 0 heterocycles. The molecule has 0 radical (unpaired) electrons. The molecule has 0 saturated carbocycles. The number of carbonyl (C=O) groups is 1. The van der Waals surface area contributed by atoms with E-state index in [2.05, 4.69) is 4.72 Å². The molecule has 0 aromatic carbocycles. The zero-order valence-corrected chi connectivity index (χ0v) is 11.8. The van der Waals surface area contributed by atoms with E-state index in [1.165, 1.54) is 0 Å². The molecule has 0 aliphatic heterocycles. The Kier molecular flexibility index (Phi) is 5.14. The van der Waals surface area contributed by atoms with E-state index in [9.17, 15) is 9.00 Å². The molecule has 0 bridgehead atoms. The second-order valence-electron chi connectivity index (χ2n) is 5.63. The van der Waals surface area contributed by atoms with Gasteiger partial charge in [-0.3, -0.25) is 4.79 Å². The van der Waals surface area contributed by atoms with Gasteiger partial charge in [0, 0.05) is 5.54 Å². The maximum Gasteiger partial charge on any atom is 0.305 e. The van der Waals surface area contributed by atoms with Crippen molar-refractivity contribution < 1.29 is 14.1 Å². The first-order valence-corrected chi connectivity index (χ1v) is 6.55. The van der Waals surface area contributed by atoms with Crippen molar-refractivity contribution in [2.45, 2.75) is 58.2 Å². The third-order valence-electron chi connectivity index (χ3n) is 2.67. The van der Waals surface area contributed by atoms with E-state index in [-0.39, 0.29) is 12.3 Å². The lowest BCUT2D eigenvalue weighted by molar-refractivity contribution is -0.138. The summed E-state index contributed by atoms with van der Waals surface area (Å²) < 4.78 is 14.5. The van der Waals surface area contributed by atoms with Crippen molar-refractivity contribution in [3.63, 3.8) is 0 Å². The standard InChI is InChI=1S/C11H23NO3S/c1-8(2)11(6,7-9(13)14)12-16(15)10(3,4)5/h8,12H,7H2,1-6H3,(H,13,14)/t11-,16-/m1/s1.